The van der Waals surface area contributed by atoms with Crippen molar-refractivity contribution in [3.8, 4) is 0 Å². The van der Waals surface area contributed by atoms with Crippen molar-refractivity contribution in [2.45, 2.75) is 31.1 Å². The Hall–Kier alpha value is -2.19. The van der Waals surface area contributed by atoms with Crippen LogP contribution in [0.15, 0.2) is 33.7 Å². The molecule has 1 atom stereocenters. The minimum absolute atomic E-state index is 0.0637. The summed E-state index contributed by atoms with van der Waals surface area (Å²) < 4.78 is 32.1. The van der Waals surface area contributed by atoms with E-state index in [1.165, 1.54) is 0 Å². The summed E-state index contributed by atoms with van der Waals surface area (Å²) in [6, 6.07) is 7.42. The zero-order valence-electron chi connectivity index (χ0n) is 12.8. The quantitative estimate of drug-likeness (QED) is 0.866. The molecule has 2 aromatic rings. The average molecular weight is 335 g/mol. The molecule has 7 nitrogen and oxygen atoms in total. The molecule has 3 rings (SSSR count). The van der Waals surface area contributed by atoms with Gasteiger partial charge in [0.25, 0.3) is 0 Å². The van der Waals surface area contributed by atoms with Crippen LogP contribution in [0.2, 0.25) is 0 Å². The van der Waals surface area contributed by atoms with Gasteiger partial charge in [0.15, 0.2) is 5.76 Å². The fraction of sp³-hybridized carbons (Fsp3) is 0.333. The van der Waals surface area contributed by atoms with Crippen LogP contribution in [0.5, 0.6) is 0 Å². The SMILES string of the molecule is Cc1noc(C)c1S(=O)(=O)NCCC1C(=O)Nc2ccccc21. The lowest BCUT2D eigenvalue weighted by Gasteiger charge is -2.10. The molecule has 1 aromatic heterocycles. The molecule has 2 heterocycles. The lowest BCUT2D eigenvalue weighted by molar-refractivity contribution is -0.117. The zero-order valence-corrected chi connectivity index (χ0v) is 13.6. The molecule has 1 aliphatic rings. The molecule has 0 radical (unpaired) electrons. The van der Waals surface area contributed by atoms with E-state index in [9.17, 15) is 13.2 Å². The molecule has 1 aromatic carbocycles. The summed E-state index contributed by atoms with van der Waals surface area (Å²) in [6.45, 7) is 3.28. The number of nitrogens with zero attached hydrogens (tertiary/aromatic N) is 1. The van der Waals surface area contributed by atoms with Crippen LogP contribution in [0.3, 0.4) is 0 Å². The summed E-state index contributed by atoms with van der Waals surface area (Å²) in [5.74, 6) is -0.208. The Kier molecular flexibility index (Phi) is 3.95. The third kappa shape index (κ3) is 2.87. The first-order valence-electron chi connectivity index (χ1n) is 7.22. The van der Waals surface area contributed by atoms with Crippen molar-refractivity contribution in [2.24, 2.45) is 0 Å². The van der Waals surface area contributed by atoms with Crippen LogP contribution in [0.25, 0.3) is 0 Å². The number of para-hydroxylation sites is 1. The molecule has 0 aliphatic carbocycles. The Morgan fingerprint density at radius 2 is 2.04 bits per heavy atom. The third-order valence-corrected chi connectivity index (χ3v) is 5.58. The van der Waals surface area contributed by atoms with Gasteiger partial charge < -0.3 is 9.84 Å². The van der Waals surface area contributed by atoms with Crippen molar-refractivity contribution in [3.63, 3.8) is 0 Å². The number of nitrogens with one attached hydrogen (secondary N) is 2. The molecule has 1 unspecified atom stereocenters. The largest absolute Gasteiger partial charge is 0.360 e. The minimum Gasteiger partial charge on any atom is -0.360 e. The van der Waals surface area contributed by atoms with Gasteiger partial charge in [0.2, 0.25) is 15.9 Å². The van der Waals surface area contributed by atoms with E-state index in [-0.39, 0.29) is 29.0 Å². The molecule has 8 heteroatoms. The van der Waals surface area contributed by atoms with Crippen LogP contribution in [-0.4, -0.2) is 26.0 Å². The van der Waals surface area contributed by atoms with Gasteiger partial charge in [0, 0.05) is 12.2 Å². The highest BCUT2D eigenvalue weighted by molar-refractivity contribution is 7.89. The predicted octanol–water partition coefficient (Wildman–Crippen LogP) is 1.70. The van der Waals surface area contributed by atoms with Crippen LogP contribution in [0.1, 0.15) is 29.4 Å². The molecule has 23 heavy (non-hydrogen) atoms. The van der Waals surface area contributed by atoms with Crippen LogP contribution in [0, 0.1) is 13.8 Å². The Morgan fingerprint density at radius 1 is 1.30 bits per heavy atom. The molecular weight excluding hydrogens is 318 g/mol. The Balaban J connectivity index is 1.70. The predicted molar refractivity (Wildman–Crippen MR) is 83.6 cm³/mol. The average Bonchev–Trinajstić information content (AvgIpc) is 2.99. The van der Waals surface area contributed by atoms with Gasteiger partial charge in [0.05, 0.1) is 5.92 Å². The highest BCUT2D eigenvalue weighted by Gasteiger charge is 2.30. The first-order valence-corrected chi connectivity index (χ1v) is 8.71. The number of carbonyl (C=O) groups excluding carboxylic acids is 1. The number of amides is 1. The molecular formula is C15H17N3O4S. The summed E-state index contributed by atoms with van der Waals surface area (Å²) in [4.78, 5) is 12.1. The fourth-order valence-electron chi connectivity index (χ4n) is 2.83. The van der Waals surface area contributed by atoms with E-state index in [4.69, 9.17) is 4.52 Å². The second kappa shape index (κ2) is 5.78. The van der Waals surface area contributed by atoms with Gasteiger partial charge in [-0.3, -0.25) is 4.79 Å². The topological polar surface area (TPSA) is 101 Å². The lowest BCUT2D eigenvalue weighted by atomic mass is 9.97. The van der Waals surface area contributed by atoms with Gasteiger partial charge >= 0.3 is 0 Å². The number of aromatic nitrogens is 1. The molecule has 2 N–H and O–H groups in total. The summed E-state index contributed by atoms with van der Waals surface area (Å²) in [7, 11) is -3.70. The van der Waals surface area contributed by atoms with E-state index >= 15 is 0 Å². The molecule has 122 valence electrons. The maximum atomic E-state index is 12.3. The van der Waals surface area contributed by atoms with Gasteiger partial charge in [-0.1, -0.05) is 23.4 Å². The highest BCUT2D eigenvalue weighted by atomic mass is 32.2. The summed E-state index contributed by atoms with van der Waals surface area (Å²) in [6.07, 6.45) is 0.380. The summed E-state index contributed by atoms with van der Waals surface area (Å²) in [5.41, 5.74) is 2.00. The number of hydrogen-bond donors (Lipinski definition) is 2. The number of anilines is 1. The second-order valence-corrected chi connectivity index (χ2v) is 7.17. The molecule has 1 aliphatic heterocycles. The standard InChI is InChI=1S/C15H17N3O4S/c1-9-14(10(2)22-18-9)23(20,21)16-8-7-12-11-5-3-4-6-13(11)17-15(12)19/h3-6,12,16H,7-8H2,1-2H3,(H,17,19). The zero-order chi connectivity index (χ0) is 16.6. The Labute approximate surface area is 134 Å². The number of fused-ring (bicyclic) bond motifs is 1. The molecule has 1 amide bonds. The van der Waals surface area contributed by atoms with E-state index in [0.717, 1.165) is 11.3 Å². The molecule has 0 bridgehead atoms. The van der Waals surface area contributed by atoms with Crippen molar-refractivity contribution in [2.75, 3.05) is 11.9 Å². The lowest BCUT2D eigenvalue weighted by Crippen LogP contribution is -2.27. The minimum atomic E-state index is -3.70. The third-order valence-electron chi connectivity index (χ3n) is 3.87. The number of hydrogen-bond acceptors (Lipinski definition) is 5. The van der Waals surface area contributed by atoms with Crippen molar-refractivity contribution >= 4 is 21.6 Å². The van der Waals surface area contributed by atoms with Crippen molar-refractivity contribution in [3.05, 3.63) is 41.3 Å². The smallest absolute Gasteiger partial charge is 0.245 e. The number of aryl methyl sites for hydroxylation is 2. The molecule has 0 saturated carbocycles. The van der Waals surface area contributed by atoms with Crippen molar-refractivity contribution in [1.82, 2.24) is 9.88 Å². The number of rotatable bonds is 5. The Bertz CT molecular complexity index is 838. The number of sulfonamides is 1. The molecule has 0 saturated heterocycles. The van der Waals surface area contributed by atoms with Gasteiger partial charge in [-0.25, -0.2) is 13.1 Å². The van der Waals surface area contributed by atoms with Gasteiger partial charge in [-0.2, -0.15) is 0 Å². The first-order chi connectivity index (χ1) is 10.9. The van der Waals surface area contributed by atoms with E-state index in [1.807, 2.05) is 24.3 Å². The second-order valence-electron chi connectivity index (χ2n) is 5.47. The van der Waals surface area contributed by atoms with Crippen LogP contribution < -0.4 is 10.0 Å². The van der Waals surface area contributed by atoms with Crippen molar-refractivity contribution < 1.29 is 17.7 Å². The maximum Gasteiger partial charge on any atom is 0.245 e. The monoisotopic (exact) mass is 335 g/mol. The Morgan fingerprint density at radius 3 is 2.74 bits per heavy atom. The van der Waals surface area contributed by atoms with E-state index < -0.39 is 10.0 Å². The van der Waals surface area contributed by atoms with E-state index in [1.54, 1.807) is 13.8 Å². The maximum absolute atomic E-state index is 12.3. The van der Waals surface area contributed by atoms with E-state index in [2.05, 4.69) is 15.2 Å². The van der Waals surface area contributed by atoms with Crippen LogP contribution in [-0.2, 0) is 14.8 Å². The van der Waals surface area contributed by atoms with Crippen LogP contribution in [0.4, 0.5) is 5.69 Å². The number of carbonyl (C=O) groups is 1. The fourth-order valence-corrected chi connectivity index (χ4v) is 4.20. The van der Waals surface area contributed by atoms with Gasteiger partial charge in [-0.15, -0.1) is 0 Å². The van der Waals surface area contributed by atoms with Gasteiger partial charge in [0.1, 0.15) is 10.6 Å². The number of benzene rings is 1. The molecule has 0 fully saturated rings. The van der Waals surface area contributed by atoms with Gasteiger partial charge in [-0.05, 0) is 31.9 Å². The van der Waals surface area contributed by atoms with E-state index in [0.29, 0.717) is 12.1 Å². The van der Waals surface area contributed by atoms with Crippen molar-refractivity contribution in [1.29, 1.82) is 0 Å². The summed E-state index contributed by atoms with van der Waals surface area (Å²) >= 11 is 0. The normalized spacial score (nSPS) is 17.1. The first kappa shape index (κ1) is 15.7. The highest BCUT2D eigenvalue weighted by Crippen LogP contribution is 2.34. The van der Waals surface area contributed by atoms with Crippen LogP contribution >= 0.6 is 0 Å². The molecule has 0 spiro atoms. The summed E-state index contributed by atoms with van der Waals surface area (Å²) in [5, 5.41) is 6.45.